The Hall–Kier alpha value is -1.07. The van der Waals surface area contributed by atoms with Gasteiger partial charge in [-0.1, -0.05) is 18.4 Å². The SMILES string of the molecule is N#CC(=C1CCCCCC1)c1ccsc1. The van der Waals surface area contributed by atoms with Gasteiger partial charge in [0.15, 0.2) is 0 Å². The number of allylic oxidation sites excluding steroid dienone is 2. The van der Waals surface area contributed by atoms with E-state index in [2.05, 4.69) is 17.5 Å². The van der Waals surface area contributed by atoms with E-state index >= 15 is 0 Å². The van der Waals surface area contributed by atoms with E-state index in [0.29, 0.717) is 0 Å². The van der Waals surface area contributed by atoms with E-state index in [1.165, 1.54) is 31.3 Å². The minimum atomic E-state index is 0.943. The molecule has 0 bridgehead atoms. The van der Waals surface area contributed by atoms with Gasteiger partial charge in [0.05, 0.1) is 11.6 Å². The number of nitrogens with zero attached hydrogens (tertiary/aromatic N) is 1. The highest BCUT2D eigenvalue weighted by atomic mass is 32.1. The first-order valence-corrected chi connectivity index (χ1v) is 6.51. The predicted octanol–water partition coefficient (Wildman–Crippen LogP) is 4.38. The van der Waals surface area contributed by atoms with Crippen molar-refractivity contribution in [3.63, 3.8) is 0 Å². The second kappa shape index (κ2) is 5.14. The van der Waals surface area contributed by atoms with Gasteiger partial charge in [0.25, 0.3) is 0 Å². The summed E-state index contributed by atoms with van der Waals surface area (Å²) >= 11 is 1.67. The Labute approximate surface area is 95.1 Å². The molecule has 78 valence electrons. The Morgan fingerprint density at radius 2 is 1.93 bits per heavy atom. The molecule has 0 radical (unpaired) electrons. The van der Waals surface area contributed by atoms with Crippen molar-refractivity contribution in [1.29, 1.82) is 5.26 Å². The topological polar surface area (TPSA) is 23.8 Å². The molecule has 0 aliphatic heterocycles. The van der Waals surface area contributed by atoms with Gasteiger partial charge < -0.3 is 0 Å². The maximum atomic E-state index is 9.24. The van der Waals surface area contributed by atoms with Gasteiger partial charge in [-0.25, -0.2) is 0 Å². The normalized spacial score (nSPS) is 16.9. The second-order valence-corrected chi connectivity index (χ2v) is 4.80. The highest BCUT2D eigenvalue weighted by Crippen LogP contribution is 2.30. The molecule has 15 heavy (non-hydrogen) atoms. The van der Waals surface area contributed by atoms with Crippen LogP contribution >= 0.6 is 11.3 Å². The van der Waals surface area contributed by atoms with Crippen molar-refractivity contribution >= 4 is 16.9 Å². The Bertz CT molecular complexity index is 371. The van der Waals surface area contributed by atoms with Crippen molar-refractivity contribution < 1.29 is 0 Å². The van der Waals surface area contributed by atoms with Crippen molar-refractivity contribution in [2.75, 3.05) is 0 Å². The third-order valence-electron chi connectivity index (χ3n) is 2.98. The molecule has 0 amide bonds. The zero-order chi connectivity index (χ0) is 10.5. The zero-order valence-corrected chi connectivity index (χ0v) is 9.65. The summed E-state index contributed by atoms with van der Waals surface area (Å²) in [5.74, 6) is 0. The fourth-order valence-electron chi connectivity index (χ4n) is 2.16. The highest BCUT2D eigenvalue weighted by Gasteiger charge is 2.11. The molecule has 0 saturated heterocycles. The van der Waals surface area contributed by atoms with E-state index < -0.39 is 0 Å². The van der Waals surface area contributed by atoms with Crippen LogP contribution in [0.4, 0.5) is 0 Å². The third-order valence-corrected chi connectivity index (χ3v) is 3.67. The van der Waals surface area contributed by atoms with E-state index in [1.54, 1.807) is 11.3 Å². The number of hydrogen-bond acceptors (Lipinski definition) is 2. The van der Waals surface area contributed by atoms with E-state index in [1.807, 2.05) is 5.38 Å². The number of nitriles is 1. The minimum Gasteiger partial charge on any atom is -0.192 e. The molecule has 1 aromatic rings. The third kappa shape index (κ3) is 2.49. The lowest BCUT2D eigenvalue weighted by molar-refractivity contribution is 0.702. The number of thiophene rings is 1. The molecule has 1 fully saturated rings. The molecule has 0 spiro atoms. The molecular weight excluding hydrogens is 202 g/mol. The Balaban J connectivity index is 2.30. The van der Waals surface area contributed by atoms with E-state index in [0.717, 1.165) is 24.0 Å². The van der Waals surface area contributed by atoms with E-state index in [4.69, 9.17) is 0 Å². The van der Waals surface area contributed by atoms with Crippen LogP contribution in [-0.2, 0) is 0 Å². The monoisotopic (exact) mass is 217 g/mol. The molecule has 0 N–H and O–H groups in total. The van der Waals surface area contributed by atoms with Crippen LogP contribution in [-0.4, -0.2) is 0 Å². The van der Waals surface area contributed by atoms with Gasteiger partial charge in [-0.05, 0) is 42.5 Å². The van der Waals surface area contributed by atoms with Crippen LogP contribution < -0.4 is 0 Å². The minimum absolute atomic E-state index is 0.943. The summed E-state index contributed by atoms with van der Waals surface area (Å²) in [4.78, 5) is 0. The highest BCUT2D eigenvalue weighted by molar-refractivity contribution is 7.08. The summed E-state index contributed by atoms with van der Waals surface area (Å²) < 4.78 is 0. The first kappa shape index (κ1) is 10.4. The van der Waals surface area contributed by atoms with Crippen LogP contribution in [0.25, 0.3) is 5.57 Å². The lowest BCUT2D eigenvalue weighted by atomic mass is 9.98. The van der Waals surface area contributed by atoms with E-state index in [-0.39, 0.29) is 0 Å². The first-order chi connectivity index (χ1) is 7.42. The van der Waals surface area contributed by atoms with Gasteiger partial charge in [-0.15, -0.1) is 0 Å². The standard InChI is InChI=1S/C13H15NS/c14-9-13(12-7-8-15-10-12)11-5-3-1-2-4-6-11/h7-8,10H,1-6H2. The average Bonchev–Trinajstić information content (AvgIpc) is 2.63. The second-order valence-electron chi connectivity index (χ2n) is 4.02. The van der Waals surface area contributed by atoms with Crippen molar-refractivity contribution in [2.45, 2.75) is 38.5 Å². The zero-order valence-electron chi connectivity index (χ0n) is 8.83. The molecule has 1 saturated carbocycles. The van der Waals surface area contributed by atoms with Crippen LogP contribution in [0, 0.1) is 11.3 Å². The predicted molar refractivity (Wildman–Crippen MR) is 64.6 cm³/mol. The molecule has 0 atom stereocenters. The summed E-state index contributed by atoms with van der Waals surface area (Å²) in [6, 6.07) is 4.44. The van der Waals surface area contributed by atoms with Crippen molar-refractivity contribution in [1.82, 2.24) is 0 Å². The average molecular weight is 217 g/mol. The Morgan fingerprint density at radius 1 is 1.20 bits per heavy atom. The molecule has 2 heteroatoms. The fraction of sp³-hybridized carbons (Fsp3) is 0.462. The summed E-state index contributed by atoms with van der Waals surface area (Å²) in [5, 5.41) is 13.4. The molecule has 1 aromatic heterocycles. The molecule has 0 aromatic carbocycles. The molecule has 0 unspecified atom stereocenters. The Kier molecular flexibility index (Phi) is 3.58. The van der Waals surface area contributed by atoms with Crippen LogP contribution in [0.1, 0.15) is 44.1 Å². The lowest BCUT2D eigenvalue weighted by Crippen LogP contribution is -1.88. The van der Waals surface area contributed by atoms with Gasteiger partial charge in [-0.2, -0.15) is 16.6 Å². The molecular formula is C13H15NS. The van der Waals surface area contributed by atoms with Gasteiger partial charge in [-0.3, -0.25) is 0 Å². The molecule has 1 heterocycles. The van der Waals surface area contributed by atoms with Crippen molar-refractivity contribution in [2.24, 2.45) is 0 Å². The maximum Gasteiger partial charge on any atom is 0.0997 e. The number of hydrogen-bond donors (Lipinski definition) is 0. The molecule has 1 aliphatic rings. The molecule has 2 rings (SSSR count). The molecule has 1 aliphatic carbocycles. The summed E-state index contributed by atoms with van der Waals surface area (Å²) in [7, 11) is 0. The van der Waals surface area contributed by atoms with Gasteiger partial charge in [0.2, 0.25) is 0 Å². The first-order valence-electron chi connectivity index (χ1n) is 5.56. The van der Waals surface area contributed by atoms with E-state index in [9.17, 15) is 5.26 Å². The van der Waals surface area contributed by atoms with Crippen LogP contribution in [0.2, 0.25) is 0 Å². The fourth-order valence-corrected chi connectivity index (χ4v) is 2.81. The van der Waals surface area contributed by atoms with Gasteiger partial charge in [0.1, 0.15) is 0 Å². The smallest absolute Gasteiger partial charge is 0.0997 e. The van der Waals surface area contributed by atoms with Crippen LogP contribution in [0.3, 0.4) is 0 Å². The summed E-state index contributed by atoms with van der Waals surface area (Å²) in [6.07, 6.45) is 7.41. The maximum absolute atomic E-state index is 9.24. The molecule has 1 nitrogen and oxygen atoms in total. The lowest BCUT2D eigenvalue weighted by Gasteiger charge is -2.05. The summed E-state index contributed by atoms with van der Waals surface area (Å²) in [6.45, 7) is 0. The number of rotatable bonds is 1. The summed E-state index contributed by atoms with van der Waals surface area (Å²) in [5.41, 5.74) is 3.45. The van der Waals surface area contributed by atoms with Crippen LogP contribution in [0.5, 0.6) is 0 Å². The quantitative estimate of drug-likeness (QED) is 0.506. The van der Waals surface area contributed by atoms with Crippen molar-refractivity contribution in [3.8, 4) is 6.07 Å². The largest absolute Gasteiger partial charge is 0.192 e. The van der Waals surface area contributed by atoms with Gasteiger partial charge in [0, 0.05) is 5.56 Å². The van der Waals surface area contributed by atoms with Crippen molar-refractivity contribution in [3.05, 3.63) is 28.0 Å². The Morgan fingerprint density at radius 3 is 2.47 bits per heavy atom. The van der Waals surface area contributed by atoms with Gasteiger partial charge >= 0.3 is 0 Å². The van der Waals surface area contributed by atoms with Crippen LogP contribution in [0.15, 0.2) is 22.4 Å².